The van der Waals surface area contributed by atoms with Crippen molar-refractivity contribution in [3.63, 3.8) is 0 Å². The molecule has 70 valence electrons. The Morgan fingerprint density at radius 3 is 2.50 bits per heavy atom. The molecule has 2 aromatic rings. The van der Waals surface area contributed by atoms with Gasteiger partial charge in [-0.25, -0.2) is 9.97 Å². The molecule has 1 aromatic heterocycles. The summed E-state index contributed by atoms with van der Waals surface area (Å²) in [5.41, 5.74) is 2.01. The Kier molecular flexibility index (Phi) is 2.79. The first-order chi connectivity index (χ1) is 6.77. The fraction of sp³-hybridized carbons (Fsp3) is 0. The van der Waals surface area contributed by atoms with Crippen molar-refractivity contribution in [2.45, 2.75) is 0 Å². The largest absolute Gasteiger partial charge is 0.244 e. The molecule has 0 spiro atoms. The fourth-order valence-corrected chi connectivity index (χ4v) is 2.07. The van der Waals surface area contributed by atoms with E-state index in [1.165, 1.54) is 6.33 Å². The zero-order valence-corrected chi connectivity index (χ0v) is 9.46. The topological polar surface area (TPSA) is 25.8 Å². The molecule has 0 atom stereocenters. The van der Waals surface area contributed by atoms with E-state index >= 15 is 0 Å². The lowest BCUT2D eigenvalue weighted by Crippen LogP contribution is -1.83. The van der Waals surface area contributed by atoms with Crippen molar-refractivity contribution in [2.75, 3.05) is 0 Å². The van der Waals surface area contributed by atoms with E-state index in [1.54, 1.807) is 12.4 Å². The summed E-state index contributed by atoms with van der Waals surface area (Å²) in [6, 6.07) is 5.63. The van der Waals surface area contributed by atoms with Gasteiger partial charge in [0.1, 0.15) is 6.33 Å². The molecule has 2 rings (SSSR count). The van der Waals surface area contributed by atoms with E-state index in [0.29, 0.717) is 5.02 Å². The van der Waals surface area contributed by atoms with Crippen molar-refractivity contribution >= 4 is 27.5 Å². The van der Waals surface area contributed by atoms with Crippen molar-refractivity contribution < 1.29 is 0 Å². The third kappa shape index (κ3) is 1.94. The summed E-state index contributed by atoms with van der Waals surface area (Å²) in [5, 5.41) is 0.706. The second-order valence-electron chi connectivity index (χ2n) is 2.75. The fourth-order valence-electron chi connectivity index (χ4n) is 1.16. The van der Waals surface area contributed by atoms with Crippen LogP contribution < -0.4 is 0 Å². The summed E-state index contributed by atoms with van der Waals surface area (Å²) in [5.74, 6) is 0. The van der Waals surface area contributed by atoms with Gasteiger partial charge in [0, 0.05) is 27.5 Å². The minimum absolute atomic E-state index is 0.706. The quantitative estimate of drug-likeness (QED) is 0.791. The molecule has 0 fully saturated rings. The second-order valence-corrected chi connectivity index (χ2v) is 4.04. The summed E-state index contributed by atoms with van der Waals surface area (Å²) in [7, 11) is 0. The summed E-state index contributed by atoms with van der Waals surface area (Å²) in [6.07, 6.45) is 5.04. The van der Waals surface area contributed by atoms with E-state index in [4.69, 9.17) is 11.6 Å². The molecule has 2 nitrogen and oxygen atoms in total. The van der Waals surface area contributed by atoms with Crippen LogP contribution in [0.3, 0.4) is 0 Å². The van der Waals surface area contributed by atoms with E-state index in [0.717, 1.165) is 15.6 Å². The standard InChI is InChI=1S/C10H6BrClN2/c11-10-3-8(12)1-2-9(10)7-4-13-6-14-5-7/h1-6H. The molecule has 0 saturated heterocycles. The number of hydrogen-bond acceptors (Lipinski definition) is 2. The Hall–Kier alpha value is -0.930. The molecule has 0 bridgehead atoms. The normalized spacial score (nSPS) is 10.1. The third-order valence-corrected chi connectivity index (χ3v) is 2.69. The average Bonchev–Trinajstić information content (AvgIpc) is 2.19. The van der Waals surface area contributed by atoms with Gasteiger partial charge in [0.2, 0.25) is 0 Å². The van der Waals surface area contributed by atoms with Crippen molar-refractivity contribution in [3.8, 4) is 11.1 Å². The minimum Gasteiger partial charge on any atom is -0.244 e. The lowest BCUT2D eigenvalue weighted by Gasteiger charge is -2.03. The van der Waals surface area contributed by atoms with E-state index in [1.807, 2.05) is 18.2 Å². The van der Waals surface area contributed by atoms with Crippen molar-refractivity contribution in [2.24, 2.45) is 0 Å². The van der Waals surface area contributed by atoms with Crippen LogP contribution in [0.15, 0.2) is 41.4 Å². The van der Waals surface area contributed by atoms with Crippen LogP contribution in [-0.2, 0) is 0 Å². The first kappa shape index (κ1) is 9.62. The van der Waals surface area contributed by atoms with Gasteiger partial charge in [0.15, 0.2) is 0 Å². The number of rotatable bonds is 1. The first-order valence-electron chi connectivity index (χ1n) is 3.98. The minimum atomic E-state index is 0.706. The van der Waals surface area contributed by atoms with Crippen LogP contribution in [0.25, 0.3) is 11.1 Å². The lowest BCUT2D eigenvalue weighted by molar-refractivity contribution is 1.17. The highest BCUT2D eigenvalue weighted by Crippen LogP contribution is 2.29. The first-order valence-corrected chi connectivity index (χ1v) is 5.15. The van der Waals surface area contributed by atoms with Crippen molar-refractivity contribution in [1.82, 2.24) is 9.97 Å². The Morgan fingerprint density at radius 1 is 1.14 bits per heavy atom. The molecule has 4 heteroatoms. The maximum absolute atomic E-state index is 5.84. The SMILES string of the molecule is Clc1ccc(-c2cncnc2)c(Br)c1. The highest BCUT2D eigenvalue weighted by Gasteiger charge is 2.03. The number of aromatic nitrogens is 2. The molecule has 0 amide bonds. The van der Waals surface area contributed by atoms with Gasteiger partial charge in [-0.3, -0.25) is 0 Å². The molecule has 0 aliphatic heterocycles. The number of hydrogen-bond donors (Lipinski definition) is 0. The Bertz CT molecular complexity index is 445. The molecule has 0 radical (unpaired) electrons. The third-order valence-electron chi connectivity index (χ3n) is 1.80. The molecule has 0 saturated carbocycles. The van der Waals surface area contributed by atoms with Crippen molar-refractivity contribution in [3.05, 3.63) is 46.4 Å². The van der Waals surface area contributed by atoms with Gasteiger partial charge in [0.25, 0.3) is 0 Å². The number of halogens is 2. The smallest absolute Gasteiger partial charge is 0.115 e. The zero-order chi connectivity index (χ0) is 9.97. The monoisotopic (exact) mass is 268 g/mol. The van der Waals surface area contributed by atoms with E-state index in [-0.39, 0.29) is 0 Å². The summed E-state index contributed by atoms with van der Waals surface area (Å²) < 4.78 is 0.944. The zero-order valence-electron chi connectivity index (χ0n) is 7.11. The van der Waals surface area contributed by atoms with Crippen LogP contribution in [0.4, 0.5) is 0 Å². The average molecular weight is 270 g/mol. The lowest BCUT2D eigenvalue weighted by atomic mass is 10.1. The van der Waals surface area contributed by atoms with E-state index in [2.05, 4.69) is 25.9 Å². The molecule has 0 aliphatic rings. The molecule has 0 aliphatic carbocycles. The Labute approximate surface area is 95.1 Å². The van der Waals surface area contributed by atoms with Gasteiger partial charge >= 0.3 is 0 Å². The van der Waals surface area contributed by atoms with Gasteiger partial charge < -0.3 is 0 Å². The van der Waals surface area contributed by atoms with Crippen LogP contribution in [-0.4, -0.2) is 9.97 Å². The molecular formula is C10H6BrClN2. The van der Waals surface area contributed by atoms with Crippen LogP contribution in [0.5, 0.6) is 0 Å². The van der Waals surface area contributed by atoms with Gasteiger partial charge in [-0.2, -0.15) is 0 Å². The Balaban J connectivity index is 2.53. The summed E-state index contributed by atoms with van der Waals surface area (Å²) in [6.45, 7) is 0. The maximum atomic E-state index is 5.84. The van der Waals surface area contributed by atoms with Gasteiger partial charge in [0.05, 0.1) is 0 Å². The van der Waals surface area contributed by atoms with Crippen LogP contribution in [0.1, 0.15) is 0 Å². The van der Waals surface area contributed by atoms with Gasteiger partial charge in [-0.05, 0) is 17.7 Å². The molecule has 0 N–H and O–H groups in total. The number of nitrogens with zero attached hydrogens (tertiary/aromatic N) is 2. The van der Waals surface area contributed by atoms with E-state index < -0.39 is 0 Å². The second kappa shape index (κ2) is 4.07. The molecule has 1 heterocycles. The van der Waals surface area contributed by atoms with E-state index in [9.17, 15) is 0 Å². The van der Waals surface area contributed by atoms with Crippen LogP contribution >= 0.6 is 27.5 Å². The predicted molar refractivity (Wildman–Crippen MR) is 60.2 cm³/mol. The molecular weight excluding hydrogens is 263 g/mol. The summed E-state index contributed by atoms with van der Waals surface area (Å²) in [4.78, 5) is 7.92. The molecule has 1 aromatic carbocycles. The highest BCUT2D eigenvalue weighted by atomic mass is 79.9. The number of benzene rings is 1. The molecule has 0 unspecified atom stereocenters. The Morgan fingerprint density at radius 2 is 1.86 bits per heavy atom. The maximum Gasteiger partial charge on any atom is 0.115 e. The van der Waals surface area contributed by atoms with Crippen LogP contribution in [0.2, 0.25) is 5.02 Å². The van der Waals surface area contributed by atoms with Gasteiger partial charge in [-0.15, -0.1) is 0 Å². The molecule has 14 heavy (non-hydrogen) atoms. The summed E-state index contributed by atoms with van der Waals surface area (Å²) >= 11 is 9.29. The van der Waals surface area contributed by atoms with Crippen molar-refractivity contribution in [1.29, 1.82) is 0 Å². The predicted octanol–water partition coefficient (Wildman–Crippen LogP) is 3.56. The van der Waals surface area contributed by atoms with Crippen LogP contribution in [0, 0.1) is 0 Å². The highest BCUT2D eigenvalue weighted by molar-refractivity contribution is 9.10. The van der Waals surface area contributed by atoms with Gasteiger partial charge in [-0.1, -0.05) is 33.6 Å².